The van der Waals surface area contributed by atoms with Gasteiger partial charge in [-0.25, -0.2) is 8.42 Å². The zero-order valence-electron chi connectivity index (χ0n) is 10.9. The largest absolute Gasteiger partial charge is 0.398 e. The first-order valence-corrected chi connectivity index (χ1v) is 7.95. The number of anilines is 2. The standard InChI is InChI=1S/C14H15ClN2O2S/c1-2-10-3-6-12(9-14(10)16)17-20(18,19)13-7-4-11(15)5-8-13/h3-9,17H,2,16H2,1H3. The molecule has 4 nitrogen and oxygen atoms in total. The number of nitrogens with one attached hydrogen (secondary N) is 1. The van der Waals surface area contributed by atoms with Crippen LogP contribution in [0.15, 0.2) is 47.4 Å². The summed E-state index contributed by atoms with van der Waals surface area (Å²) in [6.07, 6.45) is 0.802. The molecule has 0 fully saturated rings. The third kappa shape index (κ3) is 3.23. The van der Waals surface area contributed by atoms with E-state index in [4.69, 9.17) is 17.3 Å². The van der Waals surface area contributed by atoms with E-state index >= 15 is 0 Å². The van der Waals surface area contributed by atoms with Crippen LogP contribution in [0.25, 0.3) is 0 Å². The van der Waals surface area contributed by atoms with Crippen LogP contribution in [-0.4, -0.2) is 8.42 Å². The predicted molar refractivity (Wildman–Crippen MR) is 82.5 cm³/mol. The molecule has 0 bridgehead atoms. The molecular weight excluding hydrogens is 296 g/mol. The Kier molecular flexibility index (Phi) is 4.20. The molecule has 0 aliphatic heterocycles. The van der Waals surface area contributed by atoms with Gasteiger partial charge in [0.05, 0.1) is 10.6 Å². The van der Waals surface area contributed by atoms with Gasteiger partial charge in [-0.3, -0.25) is 4.72 Å². The Hall–Kier alpha value is -1.72. The predicted octanol–water partition coefficient (Wildman–Crippen LogP) is 3.29. The maximum Gasteiger partial charge on any atom is 0.261 e. The minimum atomic E-state index is -3.63. The van der Waals surface area contributed by atoms with E-state index in [2.05, 4.69) is 4.72 Å². The second-order valence-electron chi connectivity index (χ2n) is 4.33. The molecule has 0 aliphatic carbocycles. The lowest BCUT2D eigenvalue weighted by molar-refractivity contribution is 0.601. The molecule has 20 heavy (non-hydrogen) atoms. The van der Waals surface area contributed by atoms with E-state index in [0.29, 0.717) is 16.4 Å². The van der Waals surface area contributed by atoms with Crippen molar-refractivity contribution in [2.75, 3.05) is 10.5 Å². The number of hydrogen-bond acceptors (Lipinski definition) is 3. The molecule has 0 saturated carbocycles. The van der Waals surface area contributed by atoms with Crippen LogP contribution < -0.4 is 10.5 Å². The second-order valence-corrected chi connectivity index (χ2v) is 6.45. The summed E-state index contributed by atoms with van der Waals surface area (Å²) >= 11 is 5.74. The summed E-state index contributed by atoms with van der Waals surface area (Å²) in [5.74, 6) is 0. The fraction of sp³-hybridized carbons (Fsp3) is 0.143. The summed E-state index contributed by atoms with van der Waals surface area (Å²) in [5.41, 5.74) is 7.86. The van der Waals surface area contributed by atoms with Gasteiger partial charge in [-0.2, -0.15) is 0 Å². The number of benzene rings is 2. The van der Waals surface area contributed by atoms with E-state index in [0.717, 1.165) is 12.0 Å². The maximum atomic E-state index is 12.2. The van der Waals surface area contributed by atoms with Gasteiger partial charge in [-0.15, -0.1) is 0 Å². The van der Waals surface area contributed by atoms with Crippen LogP contribution in [0, 0.1) is 0 Å². The zero-order chi connectivity index (χ0) is 14.8. The molecule has 3 N–H and O–H groups in total. The Labute approximate surface area is 123 Å². The normalized spacial score (nSPS) is 11.3. The molecule has 2 rings (SSSR count). The SMILES string of the molecule is CCc1ccc(NS(=O)(=O)c2ccc(Cl)cc2)cc1N. The van der Waals surface area contributed by atoms with E-state index < -0.39 is 10.0 Å². The van der Waals surface area contributed by atoms with Gasteiger partial charge < -0.3 is 5.73 Å². The molecule has 0 amide bonds. The smallest absolute Gasteiger partial charge is 0.261 e. The molecule has 0 spiro atoms. The topological polar surface area (TPSA) is 72.2 Å². The average molecular weight is 311 g/mol. The molecule has 0 heterocycles. The Bertz CT molecular complexity index is 712. The lowest BCUT2D eigenvalue weighted by Gasteiger charge is -2.10. The minimum absolute atomic E-state index is 0.153. The first kappa shape index (κ1) is 14.7. The van der Waals surface area contributed by atoms with Crippen molar-refractivity contribution in [2.24, 2.45) is 0 Å². The number of sulfonamides is 1. The van der Waals surface area contributed by atoms with Crippen LogP contribution in [0.5, 0.6) is 0 Å². The van der Waals surface area contributed by atoms with Crippen molar-refractivity contribution in [3.05, 3.63) is 53.1 Å². The molecule has 0 aromatic heterocycles. The summed E-state index contributed by atoms with van der Waals surface area (Å²) in [5, 5.41) is 0.487. The number of rotatable bonds is 4. The van der Waals surface area contributed by atoms with Gasteiger partial charge in [-0.1, -0.05) is 24.6 Å². The van der Waals surface area contributed by atoms with Crippen LogP contribution in [0.2, 0.25) is 5.02 Å². The first-order valence-electron chi connectivity index (χ1n) is 6.09. The van der Waals surface area contributed by atoms with Gasteiger partial charge in [0.2, 0.25) is 0 Å². The number of hydrogen-bond donors (Lipinski definition) is 2. The first-order chi connectivity index (χ1) is 9.42. The van der Waals surface area contributed by atoms with Crippen LogP contribution >= 0.6 is 11.6 Å². The van der Waals surface area contributed by atoms with Crippen LogP contribution in [-0.2, 0) is 16.4 Å². The summed E-state index contributed by atoms with van der Waals surface area (Å²) in [6.45, 7) is 1.99. The summed E-state index contributed by atoms with van der Waals surface area (Å²) in [6, 6.07) is 11.1. The number of halogens is 1. The molecule has 2 aromatic rings. The maximum absolute atomic E-state index is 12.2. The Morgan fingerprint density at radius 1 is 1.15 bits per heavy atom. The molecule has 2 aromatic carbocycles. The van der Waals surface area contributed by atoms with E-state index in [9.17, 15) is 8.42 Å². The number of aryl methyl sites for hydroxylation is 1. The van der Waals surface area contributed by atoms with Gasteiger partial charge in [-0.05, 0) is 48.4 Å². The van der Waals surface area contributed by atoms with E-state index in [1.807, 2.05) is 13.0 Å². The van der Waals surface area contributed by atoms with Crippen molar-refractivity contribution < 1.29 is 8.42 Å². The van der Waals surface area contributed by atoms with E-state index in [-0.39, 0.29) is 4.90 Å². The molecule has 0 unspecified atom stereocenters. The lowest BCUT2D eigenvalue weighted by Crippen LogP contribution is -2.13. The van der Waals surface area contributed by atoms with Gasteiger partial charge in [0.15, 0.2) is 0 Å². The Balaban J connectivity index is 2.28. The van der Waals surface area contributed by atoms with Crippen molar-refractivity contribution in [3.8, 4) is 0 Å². The van der Waals surface area contributed by atoms with Crippen LogP contribution in [0.4, 0.5) is 11.4 Å². The average Bonchev–Trinajstić information content (AvgIpc) is 2.39. The molecule has 0 saturated heterocycles. The van der Waals surface area contributed by atoms with Crippen LogP contribution in [0.3, 0.4) is 0 Å². The van der Waals surface area contributed by atoms with Gasteiger partial charge in [0, 0.05) is 10.7 Å². The fourth-order valence-corrected chi connectivity index (χ4v) is 2.98. The highest BCUT2D eigenvalue weighted by molar-refractivity contribution is 7.92. The van der Waals surface area contributed by atoms with Crippen molar-refractivity contribution >= 4 is 33.0 Å². The quantitative estimate of drug-likeness (QED) is 0.851. The van der Waals surface area contributed by atoms with Gasteiger partial charge in [0.25, 0.3) is 10.0 Å². The monoisotopic (exact) mass is 310 g/mol. The summed E-state index contributed by atoms with van der Waals surface area (Å²) in [4.78, 5) is 0.153. The van der Waals surface area contributed by atoms with E-state index in [1.165, 1.54) is 24.3 Å². The highest BCUT2D eigenvalue weighted by Gasteiger charge is 2.14. The van der Waals surface area contributed by atoms with Gasteiger partial charge in [0.1, 0.15) is 0 Å². The molecule has 6 heteroatoms. The van der Waals surface area contributed by atoms with Crippen molar-refractivity contribution in [2.45, 2.75) is 18.2 Å². The highest BCUT2D eigenvalue weighted by atomic mass is 35.5. The summed E-state index contributed by atoms with van der Waals surface area (Å²) < 4.78 is 26.9. The van der Waals surface area contributed by atoms with Gasteiger partial charge >= 0.3 is 0 Å². The molecule has 106 valence electrons. The third-order valence-electron chi connectivity index (χ3n) is 2.90. The fourth-order valence-electron chi connectivity index (χ4n) is 1.81. The number of nitrogen functional groups attached to an aromatic ring is 1. The molecular formula is C14H15ClN2O2S. The second kappa shape index (κ2) is 5.73. The Morgan fingerprint density at radius 3 is 2.35 bits per heavy atom. The molecule has 0 aliphatic rings. The van der Waals surface area contributed by atoms with Crippen molar-refractivity contribution in [1.82, 2.24) is 0 Å². The Morgan fingerprint density at radius 2 is 1.80 bits per heavy atom. The van der Waals surface area contributed by atoms with Crippen LogP contribution in [0.1, 0.15) is 12.5 Å². The van der Waals surface area contributed by atoms with Crippen molar-refractivity contribution in [1.29, 1.82) is 0 Å². The highest BCUT2D eigenvalue weighted by Crippen LogP contribution is 2.22. The molecule has 0 radical (unpaired) electrons. The minimum Gasteiger partial charge on any atom is -0.398 e. The zero-order valence-corrected chi connectivity index (χ0v) is 12.5. The number of nitrogens with two attached hydrogens (primary N) is 1. The third-order valence-corrected chi connectivity index (χ3v) is 4.55. The lowest BCUT2D eigenvalue weighted by atomic mass is 10.1. The summed E-state index contributed by atoms with van der Waals surface area (Å²) in [7, 11) is -3.63. The van der Waals surface area contributed by atoms with Crippen molar-refractivity contribution in [3.63, 3.8) is 0 Å². The van der Waals surface area contributed by atoms with E-state index in [1.54, 1.807) is 12.1 Å². The molecule has 0 atom stereocenters.